The zero-order chi connectivity index (χ0) is 30.6. The molecule has 8 nitrogen and oxygen atoms in total. The van der Waals surface area contributed by atoms with E-state index in [-0.39, 0.29) is 29.6 Å². The van der Waals surface area contributed by atoms with Crippen LogP contribution < -0.4 is 9.80 Å². The number of nitrogens with zero attached hydrogens (tertiary/aromatic N) is 4. The van der Waals surface area contributed by atoms with E-state index in [9.17, 15) is 19.5 Å². The number of fused-ring (bicyclic) bond motifs is 1. The van der Waals surface area contributed by atoms with Gasteiger partial charge in [-0.05, 0) is 63.8 Å². The molecule has 230 valence electrons. The lowest BCUT2D eigenvalue weighted by Crippen LogP contribution is -2.57. The van der Waals surface area contributed by atoms with Gasteiger partial charge in [-0.1, -0.05) is 26.0 Å². The number of aliphatic hydroxyl groups is 1. The van der Waals surface area contributed by atoms with Crippen molar-refractivity contribution in [2.45, 2.75) is 75.5 Å². The van der Waals surface area contributed by atoms with E-state index < -0.39 is 28.7 Å². The minimum absolute atomic E-state index is 0.0107. The molecule has 1 aromatic carbocycles. The average Bonchev–Trinajstić information content (AvgIpc) is 3.64. The summed E-state index contributed by atoms with van der Waals surface area (Å²) in [7, 11) is 0. The molecule has 3 heterocycles. The predicted molar refractivity (Wildman–Crippen MR) is 172 cm³/mol. The van der Waals surface area contributed by atoms with Crippen LogP contribution in [0.25, 0.3) is 0 Å². The summed E-state index contributed by atoms with van der Waals surface area (Å²) in [5, 5.41) is 10.4. The number of anilines is 2. The van der Waals surface area contributed by atoms with Crippen molar-refractivity contribution in [1.29, 1.82) is 0 Å². The van der Waals surface area contributed by atoms with Gasteiger partial charge < -0.3 is 24.7 Å². The number of benzene rings is 1. The lowest BCUT2D eigenvalue weighted by Gasteiger charge is -2.39. The van der Waals surface area contributed by atoms with E-state index in [1.807, 2.05) is 43.0 Å². The van der Waals surface area contributed by atoms with Crippen LogP contribution >= 0.6 is 11.8 Å². The van der Waals surface area contributed by atoms with Crippen LogP contribution in [0.2, 0.25) is 0 Å². The molecule has 3 amide bonds. The number of aliphatic hydroxyl groups excluding tert-OH is 1. The highest BCUT2D eigenvalue weighted by Gasteiger charge is 2.74. The van der Waals surface area contributed by atoms with Crippen LogP contribution in [0, 0.1) is 11.8 Å². The van der Waals surface area contributed by atoms with Crippen molar-refractivity contribution in [3.63, 3.8) is 0 Å². The average molecular weight is 597 g/mol. The fraction of sp³-hybridized carbons (Fsp3) is 0.606. The molecule has 9 heteroatoms. The fourth-order valence-corrected chi connectivity index (χ4v) is 9.61. The van der Waals surface area contributed by atoms with Gasteiger partial charge in [-0.25, -0.2) is 0 Å². The molecule has 0 radical (unpaired) electrons. The van der Waals surface area contributed by atoms with Crippen LogP contribution in [0.4, 0.5) is 11.4 Å². The molecule has 2 bridgehead atoms. The number of amides is 3. The Morgan fingerprint density at radius 1 is 1.07 bits per heavy atom. The maximum atomic E-state index is 14.8. The zero-order valence-corrected chi connectivity index (χ0v) is 26.5. The third kappa shape index (κ3) is 5.39. The molecule has 1 aromatic rings. The Hall–Kier alpha value is -2.78. The molecule has 2 unspecified atom stereocenters. The molecule has 1 spiro atoms. The van der Waals surface area contributed by atoms with Crippen LogP contribution in [0.1, 0.15) is 53.4 Å². The van der Waals surface area contributed by atoms with Crippen molar-refractivity contribution in [2.75, 3.05) is 49.1 Å². The number of thioether (sulfide) groups is 1. The van der Waals surface area contributed by atoms with Crippen LogP contribution in [-0.2, 0) is 14.4 Å². The molecule has 3 fully saturated rings. The van der Waals surface area contributed by atoms with Gasteiger partial charge in [-0.2, -0.15) is 0 Å². The molecule has 4 rings (SSSR count). The van der Waals surface area contributed by atoms with Crippen molar-refractivity contribution in [3.05, 3.63) is 49.6 Å². The standard InChI is InChI=1S/C33H48N4O4S/c1-7-19-35(20-8-2)30(39)27-26-17-18-33(42-26)28(27)31(40)37(23(10-4)22-38)29(33)32(41)36(21-9-3)25-15-13-24(14-16-25)34(11-5)12-6/h7,9,13-16,23,26-29,38H,1,3,8,10-12,17-22H2,2,4-6H3/t23-,26+,27-,28-,29?,33?/m0/s1. The first kappa shape index (κ1) is 32.1. The molecule has 0 saturated carbocycles. The first-order chi connectivity index (χ1) is 20.3. The van der Waals surface area contributed by atoms with Gasteiger partial charge in [0.25, 0.3) is 5.91 Å². The summed E-state index contributed by atoms with van der Waals surface area (Å²) >= 11 is 1.67. The minimum Gasteiger partial charge on any atom is -0.394 e. The lowest BCUT2D eigenvalue weighted by molar-refractivity contribution is -0.145. The summed E-state index contributed by atoms with van der Waals surface area (Å²) in [5.74, 6) is -1.45. The number of carbonyl (C=O) groups excluding carboxylic acids is 3. The van der Waals surface area contributed by atoms with E-state index >= 15 is 0 Å². The summed E-state index contributed by atoms with van der Waals surface area (Å²) in [4.78, 5) is 50.6. The van der Waals surface area contributed by atoms with Gasteiger partial charge in [0.1, 0.15) is 6.04 Å². The first-order valence-corrected chi connectivity index (χ1v) is 16.4. The van der Waals surface area contributed by atoms with Crippen LogP contribution in [-0.4, -0.2) is 94.0 Å². The number of likely N-dealkylation sites (tertiary alicyclic amines) is 1. The largest absolute Gasteiger partial charge is 0.394 e. The Labute approximate surface area is 255 Å². The van der Waals surface area contributed by atoms with Crippen LogP contribution in [0.5, 0.6) is 0 Å². The number of carbonyl (C=O) groups is 3. The van der Waals surface area contributed by atoms with Gasteiger partial charge in [0, 0.05) is 49.3 Å². The zero-order valence-electron chi connectivity index (χ0n) is 25.7. The number of hydrogen-bond donors (Lipinski definition) is 1. The molecule has 1 N–H and O–H groups in total. The topological polar surface area (TPSA) is 84.4 Å². The van der Waals surface area contributed by atoms with E-state index in [0.29, 0.717) is 32.5 Å². The minimum atomic E-state index is -0.777. The van der Waals surface area contributed by atoms with Gasteiger partial charge in [-0.3, -0.25) is 14.4 Å². The highest BCUT2D eigenvalue weighted by atomic mass is 32.2. The predicted octanol–water partition coefficient (Wildman–Crippen LogP) is 4.34. The van der Waals surface area contributed by atoms with Gasteiger partial charge in [0.15, 0.2) is 0 Å². The highest BCUT2D eigenvalue weighted by Crippen LogP contribution is 2.67. The van der Waals surface area contributed by atoms with Crippen molar-refractivity contribution < 1.29 is 19.5 Å². The third-order valence-corrected chi connectivity index (χ3v) is 11.3. The van der Waals surface area contributed by atoms with E-state index in [2.05, 4.69) is 31.9 Å². The summed E-state index contributed by atoms with van der Waals surface area (Å²) in [6.45, 7) is 18.8. The van der Waals surface area contributed by atoms with Gasteiger partial charge in [-0.15, -0.1) is 24.9 Å². The summed E-state index contributed by atoms with van der Waals surface area (Å²) in [5.41, 5.74) is 1.82. The summed E-state index contributed by atoms with van der Waals surface area (Å²) in [6.07, 6.45) is 6.24. The SMILES string of the molecule is C=CCN(CCC)C(=O)[C@@H]1[C@H]2C(=O)N([C@@H](CC)CO)C(C(=O)N(CC=C)c3ccc(N(CC)CC)cc3)C23CC[C@H]1S3. The van der Waals surface area contributed by atoms with Gasteiger partial charge >= 0.3 is 0 Å². The van der Waals surface area contributed by atoms with Crippen molar-refractivity contribution in [3.8, 4) is 0 Å². The van der Waals surface area contributed by atoms with E-state index in [4.69, 9.17) is 0 Å². The smallest absolute Gasteiger partial charge is 0.251 e. The van der Waals surface area contributed by atoms with Crippen molar-refractivity contribution >= 4 is 40.9 Å². The second-order valence-corrected chi connectivity index (χ2v) is 13.1. The number of rotatable bonds is 15. The van der Waals surface area contributed by atoms with E-state index in [1.54, 1.807) is 33.7 Å². The lowest BCUT2D eigenvalue weighted by atomic mass is 9.70. The Morgan fingerprint density at radius 3 is 2.26 bits per heavy atom. The Morgan fingerprint density at radius 2 is 1.71 bits per heavy atom. The second kappa shape index (κ2) is 13.7. The molecule has 6 atom stereocenters. The Bertz CT molecular complexity index is 1150. The first-order valence-electron chi connectivity index (χ1n) is 15.6. The van der Waals surface area contributed by atoms with Gasteiger partial charge in [0.05, 0.1) is 29.2 Å². The van der Waals surface area contributed by atoms with E-state index in [0.717, 1.165) is 37.3 Å². The maximum Gasteiger partial charge on any atom is 0.251 e. The molecular weight excluding hydrogens is 548 g/mol. The third-order valence-electron chi connectivity index (χ3n) is 9.35. The molecular formula is C33H48N4O4S. The maximum absolute atomic E-state index is 14.8. The summed E-state index contributed by atoms with van der Waals surface area (Å²) in [6, 6.07) is 6.69. The highest BCUT2D eigenvalue weighted by molar-refractivity contribution is 8.02. The van der Waals surface area contributed by atoms with Crippen LogP contribution in [0.15, 0.2) is 49.6 Å². The second-order valence-electron chi connectivity index (χ2n) is 11.5. The number of hydrogen-bond acceptors (Lipinski definition) is 6. The molecule has 3 aliphatic heterocycles. The normalized spacial score (nSPS) is 26.6. The molecule has 3 aliphatic rings. The fourth-order valence-electron chi connectivity index (χ4n) is 7.42. The molecule has 42 heavy (non-hydrogen) atoms. The van der Waals surface area contributed by atoms with Crippen molar-refractivity contribution in [2.24, 2.45) is 11.8 Å². The molecule has 3 saturated heterocycles. The van der Waals surface area contributed by atoms with Crippen LogP contribution in [0.3, 0.4) is 0 Å². The molecule has 0 aromatic heterocycles. The van der Waals surface area contributed by atoms with Gasteiger partial charge in [0.2, 0.25) is 11.8 Å². The Kier molecular flexibility index (Phi) is 10.5. The quantitative estimate of drug-likeness (QED) is 0.304. The molecule has 0 aliphatic carbocycles. The monoisotopic (exact) mass is 596 g/mol. The Balaban J connectivity index is 1.76. The van der Waals surface area contributed by atoms with E-state index in [1.165, 1.54) is 0 Å². The van der Waals surface area contributed by atoms with Crippen molar-refractivity contribution in [1.82, 2.24) is 9.80 Å². The summed E-state index contributed by atoms with van der Waals surface area (Å²) < 4.78 is -0.714.